The van der Waals surface area contributed by atoms with E-state index in [4.69, 9.17) is 9.47 Å². The molecule has 4 aliphatic rings. The van der Waals surface area contributed by atoms with Crippen molar-refractivity contribution in [3.8, 4) is 0 Å². The molecule has 8 atom stereocenters. The third-order valence-electron chi connectivity index (χ3n) is 9.03. The van der Waals surface area contributed by atoms with E-state index < -0.39 is 46.4 Å². The smallest absolute Gasteiger partial charge is 0.303 e. The Morgan fingerprint density at radius 3 is 2.48 bits per heavy atom. The normalized spacial score (nSPS) is 43.6. The van der Waals surface area contributed by atoms with Gasteiger partial charge in [0.1, 0.15) is 12.7 Å². The quantitative estimate of drug-likeness (QED) is 0.591. The highest BCUT2D eigenvalue weighted by molar-refractivity contribution is 6.01. The highest BCUT2D eigenvalue weighted by Gasteiger charge is 2.72. The molecule has 0 unspecified atom stereocenters. The lowest BCUT2D eigenvalue weighted by Gasteiger charge is -2.62. The molecule has 0 radical (unpaired) electrons. The fourth-order valence-corrected chi connectivity index (χ4v) is 7.82. The van der Waals surface area contributed by atoms with Gasteiger partial charge in [0, 0.05) is 31.1 Å². The zero-order valence-electron chi connectivity index (χ0n) is 20.0. The number of Topliss-reactive ketones (excluding diaryl/α,β-unsaturated/α-hetero) is 1. The Morgan fingerprint density at radius 2 is 1.85 bits per heavy atom. The maximum Gasteiger partial charge on any atom is 0.303 e. The first-order valence-corrected chi connectivity index (χ1v) is 11.8. The Bertz CT molecular complexity index is 968. The van der Waals surface area contributed by atoms with Crippen molar-refractivity contribution < 1.29 is 33.0 Å². The van der Waals surface area contributed by atoms with Crippen molar-refractivity contribution in [2.24, 2.45) is 34.5 Å². The van der Waals surface area contributed by atoms with Crippen molar-refractivity contribution >= 4 is 23.5 Å². The molecule has 7 heteroatoms. The lowest BCUT2D eigenvalue weighted by Crippen LogP contribution is -2.67. The summed E-state index contributed by atoms with van der Waals surface area (Å²) in [6.45, 7) is 8.04. The first-order chi connectivity index (χ1) is 15.3. The maximum absolute atomic E-state index is 17.6. The number of carbonyl (C=O) groups excluding carboxylic acids is 4. The van der Waals surface area contributed by atoms with Gasteiger partial charge in [-0.3, -0.25) is 19.2 Å². The van der Waals surface area contributed by atoms with E-state index in [0.29, 0.717) is 19.3 Å². The Labute approximate surface area is 193 Å². The standard InChI is InChI=1S/C26H33FO6/c1-14-10-20-19-7-6-17-11-18(30)8-9-25(17,5)26(19,27)22(33-16(3)29)12-24(20,4)23(14)21(31)13-32-15(2)28/h8-9,11,14,19-20,22-23H,6-7,10,12-13H2,1-5H3/t14-,19-,20-,22+,23+,24+,25+,26+/m1/s1. The van der Waals surface area contributed by atoms with Crippen LogP contribution in [0.25, 0.3) is 0 Å². The Morgan fingerprint density at radius 1 is 1.15 bits per heavy atom. The third kappa shape index (κ3) is 3.41. The number of ketones is 2. The molecule has 33 heavy (non-hydrogen) atoms. The maximum atomic E-state index is 17.6. The van der Waals surface area contributed by atoms with Gasteiger partial charge in [0.05, 0.1) is 0 Å². The number of rotatable bonds is 4. The van der Waals surface area contributed by atoms with Crippen LogP contribution in [0.15, 0.2) is 23.8 Å². The molecule has 180 valence electrons. The molecular weight excluding hydrogens is 427 g/mol. The minimum absolute atomic E-state index is 0.0170. The second kappa shape index (κ2) is 7.88. The van der Waals surface area contributed by atoms with Crippen molar-refractivity contribution in [2.45, 2.75) is 72.1 Å². The van der Waals surface area contributed by atoms with Crippen LogP contribution in [-0.2, 0) is 28.7 Å². The summed E-state index contributed by atoms with van der Waals surface area (Å²) in [5.74, 6) is -2.37. The van der Waals surface area contributed by atoms with Crippen LogP contribution in [0.5, 0.6) is 0 Å². The van der Waals surface area contributed by atoms with Crippen molar-refractivity contribution in [3.05, 3.63) is 23.8 Å². The van der Waals surface area contributed by atoms with Gasteiger partial charge < -0.3 is 9.47 Å². The minimum Gasteiger partial charge on any atom is -0.459 e. The number of halogens is 1. The van der Waals surface area contributed by atoms with Crippen LogP contribution in [-0.4, -0.2) is 41.9 Å². The number of allylic oxidation sites excluding steroid dienone is 4. The van der Waals surface area contributed by atoms with Gasteiger partial charge in [-0.25, -0.2) is 4.39 Å². The molecule has 0 aromatic heterocycles. The summed E-state index contributed by atoms with van der Waals surface area (Å²) < 4.78 is 28.3. The third-order valence-corrected chi connectivity index (χ3v) is 9.03. The van der Waals surface area contributed by atoms with Crippen LogP contribution >= 0.6 is 0 Å². The fourth-order valence-electron chi connectivity index (χ4n) is 7.82. The van der Waals surface area contributed by atoms with Gasteiger partial charge >= 0.3 is 11.9 Å². The van der Waals surface area contributed by atoms with Gasteiger partial charge in [0.2, 0.25) is 0 Å². The van der Waals surface area contributed by atoms with Gasteiger partial charge in [-0.1, -0.05) is 25.5 Å². The summed E-state index contributed by atoms with van der Waals surface area (Å²) in [5, 5.41) is 0. The Kier molecular flexibility index (Phi) is 5.69. The van der Waals surface area contributed by atoms with E-state index in [1.807, 2.05) is 13.8 Å². The first kappa shape index (κ1) is 23.8. The Hall–Kier alpha value is -2.31. The van der Waals surface area contributed by atoms with E-state index in [-0.39, 0.29) is 36.4 Å². The van der Waals surface area contributed by atoms with E-state index in [1.54, 1.807) is 13.0 Å². The second-order valence-electron chi connectivity index (χ2n) is 10.9. The number of ether oxygens (including phenoxy) is 2. The average Bonchev–Trinajstić information content (AvgIpc) is 2.97. The first-order valence-electron chi connectivity index (χ1n) is 11.8. The van der Waals surface area contributed by atoms with Crippen LogP contribution in [0.3, 0.4) is 0 Å². The summed E-state index contributed by atoms with van der Waals surface area (Å²) in [6, 6.07) is 0. The minimum atomic E-state index is -1.89. The molecule has 0 saturated heterocycles. The van der Waals surface area contributed by atoms with E-state index >= 15 is 4.39 Å². The number of hydrogen-bond donors (Lipinski definition) is 0. The predicted molar refractivity (Wildman–Crippen MR) is 118 cm³/mol. The van der Waals surface area contributed by atoms with Crippen LogP contribution in [0.2, 0.25) is 0 Å². The van der Waals surface area contributed by atoms with Gasteiger partial charge in [-0.15, -0.1) is 0 Å². The summed E-state index contributed by atoms with van der Waals surface area (Å²) in [6.07, 6.45) is 5.52. The lowest BCUT2D eigenvalue weighted by molar-refractivity contribution is -0.213. The van der Waals surface area contributed by atoms with Gasteiger partial charge in [0.25, 0.3) is 0 Å². The van der Waals surface area contributed by atoms with Gasteiger partial charge in [-0.05, 0) is 62.0 Å². The molecule has 0 aromatic carbocycles. The summed E-state index contributed by atoms with van der Waals surface area (Å²) in [4.78, 5) is 48.6. The van der Waals surface area contributed by atoms with E-state index in [0.717, 1.165) is 5.57 Å². The molecule has 0 spiro atoms. The highest BCUT2D eigenvalue weighted by Crippen LogP contribution is 2.70. The number of hydrogen-bond acceptors (Lipinski definition) is 6. The monoisotopic (exact) mass is 460 g/mol. The molecule has 0 bridgehead atoms. The van der Waals surface area contributed by atoms with Crippen LogP contribution in [0, 0.1) is 34.5 Å². The number of carbonyl (C=O) groups is 4. The zero-order valence-corrected chi connectivity index (χ0v) is 20.0. The molecule has 0 aromatic rings. The number of alkyl halides is 1. The van der Waals surface area contributed by atoms with Crippen molar-refractivity contribution in [1.29, 1.82) is 0 Å². The molecule has 6 nitrogen and oxygen atoms in total. The zero-order chi connectivity index (χ0) is 24.3. The SMILES string of the molecule is CC(=O)OCC(=O)[C@@H]1[C@H](C)C[C@@H]2[C@H]3CCC4=CC(=O)C=C[C@]4(C)[C@@]3(F)[C@@H](OC(C)=O)C[C@@]21C. The van der Waals surface area contributed by atoms with Crippen LogP contribution in [0.4, 0.5) is 4.39 Å². The van der Waals surface area contributed by atoms with Crippen LogP contribution in [0.1, 0.15) is 60.3 Å². The molecule has 0 heterocycles. The van der Waals surface area contributed by atoms with E-state index in [1.165, 1.54) is 26.0 Å². The summed E-state index contributed by atoms with van der Waals surface area (Å²) in [7, 11) is 0. The molecule has 4 aliphatic carbocycles. The van der Waals surface area contributed by atoms with Crippen molar-refractivity contribution in [3.63, 3.8) is 0 Å². The van der Waals surface area contributed by atoms with E-state index in [9.17, 15) is 19.2 Å². The summed E-state index contributed by atoms with van der Waals surface area (Å²) in [5.41, 5.74) is -2.81. The largest absolute Gasteiger partial charge is 0.459 e. The molecule has 0 N–H and O–H groups in total. The molecule has 3 fully saturated rings. The van der Waals surface area contributed by atoms with Crippen LogP contribution < -0.4 is 0 Å². The summed E-state index contributed by atoms with van der Waals surface area (Å²) >= 11 is 0. The lowest BCUT2D eigenvalue weighted by atomic mass is 9.45. The number of fused-ring (bicyclic) bond motifs is 5. The topological polar surface area (TPSA) is 86.7 Å². The molecular formula is C26H33FO6. The van der Waals surface area contributed by atoms with Gasteiger partial charge in [-0.2, -0.15) is 0 Å². The average molecular weight is 461 g/mol. The molecule has 3 saturated carbocycles. The molecule has 0 aliphatic heterocycles. The van der Waals surface area contributed by atoms with Gasteiger partial charge in [0.15, 0.2) is 17.2 Å². The highest BCUT2D eigenvalue weighted by atomic mass is 19.1. The number of esters is 2. The Balaban J connectivity index is 1.78. The molecule has 4 rings (SSSR count). The second-order valence-corrected chi connectivity index (χ2v) is 10.9. The van der Waals surface area contributed by atoms with Crippen molar-refractivity contribution in [2.75, 3.05) is 6.61 Å². The van der Waals surface area contributed by atoms with E-state index in [2.05, 4.69) is 0 Å². The fraction of sp³-hybridized carbons (Fsp3) is 0.692. The molecule has 0 amide bonds. The van der Waals surface area contributed by atoms with Crippen molar-refractivity contribution in [1.82, 2.24) is 0 Å². The predicted octanol–water partition coefficient (Wildman–Crippen LogP) is 3.92.